The maximum Gasteiger partial charge on any atom is 0.230 e. The highest BCUT2D eigenvalue weighted by Crippen LogP contribution is 2.28. The number of benzene rings is 2. The predicted octanol–water partition coefficient (Wildman–Crippen LogP) is 3.69. The maximum absolute atomic E-state index is 12.7. The first-order valence-electron chi connectivity index (χ1n) is 10.3. The molecule has 1 atom stereocenters. The fourth-order valence-corrected chi connectivity index (χ4v) is 3.90. The summed E-state index contributed by atoms with van der Waals surface area (Å²) in [6.07, 6.45) is 2.67. The molecule has 0 aliphatic carbocycles. The number of nitrogens with zero attached hydrogens (tertiary/aromatic N) is 3. The molecule has 30 heavy (non-hydrogen) atoms. The number of rotatable bonds is 5. The summed E-state index contributed by atoms with van der Waals surface area (Å²) in [5.74, 6) is 0.569. The van der Waals surface area contributed by atoms with Crippen molar-refractivity contribution in [2.75, 3.05) is 18.4 Å². The number of hydrogen-bond donors (Lipinski definition) is 2. The highest BCUT2D eigenvalue weighted by atomic mass is 16.2. The lowest BCUT2D eigenvalue weighted by Gasteiger charge is -2.07. The minimum absolute atomic E-state index is 0.0124. The van der Waals surface area contributed by atoms with Crippen molar-refractivity contribution in [2.24, 2.45) is 5.92 Å². The average Bonchev–Trinajstić information content (AvgIpc) is 3.44. The van der Waals surface area contributed by atoms with Crippen LogP contribution in [0.5, 0.6) is 0 Å². The van der Waals surface area contributed by atoms with Crippen molar-refractivity contribution >= 4 is 22.6 Å². The monoisotopic (exact) mass is 397 g/mol. The normalized spacial score (nSPS) is 16.1. The minimum atomic E-state index is -0.0177. The van der Waals surface area contributed by atoms with Gasteiger partial charge < -0.3 is 10.6 Å². The summed E-state index contributed by atoms with van der Waals surface area (Å²) >= 11 is 0. The van der Waals surface area contributed by atoms with E-state index in [1.807, 2.05) is 65.5 Å². The van der Waals surface area contributed by atoms with Gasteiger partial charge in [-0.1, -0.05) is 60.7 Å². The zero-order valence-electron chi connectivity index (χ0n) is 16.6. The number of carbonyl (C=O) groups excluding carboxylic acids is 1. The van der Waals surface area contributed by atoms with E-state index < -0.39 is 0 Å². The Hall–Kier alpha value is -3.51. The fourth-order valence-electron chi connectivity index (χ4n) is 3.90. The van der Waals surface area contributed by atoms with Gasteiger partial charge in [0.1, 0.15) is 0 Å². The molecule has 3 heterocycles. The smallest absolute Gasteiger partial charge is 0.230 e. The van der Waals surface area contributed by atoms with Gasteiger partial charge in [-0.25, -0.2) is 0 Å². The number of fused-ring (bicyclic) bond motifs is 1. The summed E-state index contributed by atoms with van der Waals surface area (Å²) in [5.41, 5.74) is 4.04. The summed E-state index contributed by atoms with van der Waals surface area (Å²) in [6, 6.07) is 22.3. The summed E-state index contributed by atoms with van der Waals surface area (Å²) in [4.78, 5) is 17.3. The Morgan fingerprint density at radius 1 is 1.10 bits per heavy atom. The van der Waals surface area contributed by atoms with E-state index in [0.717, 1.165) is 40.7 Å². The molecule has 6 nitrogen and oxygen atoms in total. The van der Waals surface area contributed by atoms with Gasteiger partial charge in [-0.15, -0.1) is 0 Å². The zero-order chi connectivity index (χ0) is 20.3. The number of anilines is 1. The molecule has 2 aromatic heterocycles. The molecule has 2 aromatic carbocycles. The first-order valence-corrected chi connectivity index (χ1v) is 10.3. The third kappa shape index (κ3) is 3.69. The van der Waals surface area contributed by atoms with Crippen molar-refractivity contribution in [3.8, 4) is 11.3 Å². The van der Waals surface area contributed by atoms with Gasteiger partial charge in [0, 0.05) is 18.3 Å². The largest absolute Gasteiger partial charge is 0.316 e. The molecule has 150 valence electrons. The predicted molar refractivity (Wildman–Crippen MR) is 118 cm³/mol. The maximum atomic E-state index is 12.7. The fraction of sp³-hybridized carbons (Fsp3) is 0.208. The molecule has 0 saturated carbocycles. The van der Waals surface area contributed by atoms with Crippen LogP contribution in [0.4, 0.5) is 5.82 Å². The van der Waals surface area contributed by atoms with Gasteiger partial charge in [-0.3, -0.25) is 14.5 Å². The molecule has 6 heteroatoms. The molecule has 1 fully saturated rings. The van der Waals surface area contributed by atoms with Crippen LogP contribution in [0.1, 0.15) is 12.0 Å². The molecule has 0 spiro atoms. The van der Waals surface area contributed by atoms with Gasteiger partial charge in [-0.2, -0.15) is 5.10 Å². The van der Waals surface area contributed by atoms with E-state index in [1.165, 1.54) is 0 Å². The SMILES string of the molecule is O=C(Nc1nn(Cc2ccccc2)c2cc(-c3ccccc3)ncc12)C1CCNC1. The molecule has 5 rings (SSSR count). The second-order valence-electron chi connectivity index (χ2n) is 7.62. The lowest BCUT2D eigenvalue weighted by Crippen LogP contribution is -2.25. The average molecular weight is 397 g/mol. The van der Waals surface area contributed by atoms with Crippen LogP contribution in [-0.4, -0.2) is 33.8 Å². The van der Waals surface area contributed by atoms with Gasteiger partial charge in [0.2, 0.25) is 5.91 Å². The van der Waals surface area contributed by atoms with E-state index >= 15 is 0 Å². The van der Waals surface area contributed by atoms with E-state index in [-0.39, 0.29) is 11.8 Å². The molecular formula is C24H23N5O. The van der Waals surface area contributed by atoms with Crippen molar-refractivity contribution in [1.82, 2.24) is 20.1 Å². The van der Waals surface area contributed by atoms with Gasteiger partial charge in [0.25, 0.3) is 0 Å². The van der Waals surface area contributed by atoms with Crippen LogP contribution in [0.3, 0.4) is 0 Å². The molecule has 0 bridgehead atoms. The number of amides is 1. The van der Waals surface area contributed by atoms with E-state index in [9.17, 15) is 4.79 Å². The van der Waals surface area contributed by atoms with Crippen molar-refractivity contribution in [3.63, 3.8) is 0 Å². The Bertz CT molecular complexity index is 1160. The molecule has 2 N–H and O–H groups in total. The van der Waals surface area contributed by atoms with Crippen LogP contribution in [-0.2, 0) is 11.3 Å². The molecular weight excluding hydrogens is 374 g/mol. The van der Waals surface area contributed by atoms with Crippen LogP contribution >= 0.6 is 0 Å². The van der Waals surface area contributed by atoms with E-state index in [0.29, 0.717) is 18.9 Å². The van der Waals surface area contributed by atoms with Crippen molar-refractivity contribution in [2.45, 2.75) is 13.0 Å². The lowest BCUT2D eigenvalue weighted by atomic mass is 10.1. The minimum Gasteiger partial charge on any atom is -0.316 e. The second-order valence-corrected chi connectivity index (χ2v) is 7.62. The number of nitrogens with one attached hydrogen (secondary N) is 2. The summed E-state index contributed by atoms with van der Waals surface area (Å²) in [5, 5.41) is 11.9. The summed E-state index contributed by atoms with van der Waals surface area (Å²) in [6.45, 7) is 2.21. The van der Waals surface area contributed by atoms with Crippen molar-refractivity contribution in [1.29, 1.82) is 0 Å². The Morgan fingerprint density at radius 3 is 2.60 bits per heavy atom. The van der Waals surface area contributed by atoms with Gasteiger partial charge in [-0.05, 0) is 24.6 Å². The van der Waals surface area contributed by atoms with Gasteiger partial charge in [0.15, 0.2) is 5.82 Å². The molecule has 1 amide bonds. The lowest BCUT2D eigenvalue weighted by molar-refractivity contribution is -0.119. The van der Waals surface area contributed by atoms with Crippen molar-refractivity contribution < 1.29 is 4.79 Å². The Labute approximate surface area is 174 Å². The number of pyridine rings is 1. The van der Waals surface area contributed by atoms with Crippen LogP contribution in [0.15, 0.2) is 72.9 Å². The Kier molecular flexibility index (Phi) is 4.99. The van der Waals surface area contributed by atoms with E-state index in [1.54, 1.807) is 0 Å². The standard InChI is InChI=1S/C24H23N5O/c30-24(19-11-12-25-14-19)27-23-20-15-26-21(18-9-5-2-6-10-18)13-22(20)29(28-23)16-17-7-3-1-4-8-17/h1-10,13,15,19,25H,11-12,14,16H2,(H,27,28,30). The molecule has 4 aromatic rings. The molecule has 0 radical (unpaired) electrons. The number of aromatic nitrogens is 3. The molecule has 1 saturated heterocycles. The third-order valence-electron chi connectivity index (χ3n) is 5.55. The van der Waals surface area contributed by atoms with Crippen LogP contribution in [0, 0.1) is 5.92 Å². The quantitative estimate of drug-likeness (QED) is 0.539. The van der Waals surface area contributed by atoms with Crippen molar-refractivity contribution in [3.05, 3.63) is 78.5 Å². The molecule has 1 aliphatic rings. The van der Waals surface area contributed by atoms with Crippen LogP contribution in [0.2, 0.25) is 0 Å². The summed E-state index contributed by atoms with van der Waals surface area (Å²) < 4.78 is 1.95. The first kappa shape index (κ1) is 18.5. The molecule has 1 aliphatic heterocycles. The number of carbonyl (C=O) groups is 1. The van der Waals surface area contributed by atoms with Crippen LogP contribution in [0.25, 0.3) is 22.2 Å². The Morgan fingerprint density at radius 2 is 1.87 bits per heavy atom. The van der Waals surface area contributed by atoms with Crippen LogP contribution < -0.4 is 10.6 Å². The van der Waals surface area contributed by atoms with E-state index in [2.05, 4.69) is 27.8 Å². The van der Waals surface area contributed by atoms with E-state index in [4.69, 9.17) is 5.10 Å². The first-order chi connectivity index (χ1) is 14.8. The second kappa shape index (κ2) is 8.08. The van der Waals surface area contributed by atoms with Gasteiger partial charge >= 0.3 is 0 Å². The zero-order valence-corrected chi connectivity index (χ0v) is 16.6. The Balaban J connectivity index is 1.55. The number of hydrogen-bond acceptors (Lipinski definition) is 4. The summed E-state index contributed by atoms with van der Waals surface area (Å²) in [7, 11) is 0. The van der Waals surface area contributed by atoms with Gasteiger partial charge in [0.05, 0.1) is 29.1 Å². The highest BCUT2D eigenvalue weighted by Gasteiger charge is 2.24. The third-order valence-corrected chi connectivity index (χ3v) is 5.55. The highest BCUT2D eigenvalue weighted by molar-refractivity contribution is 6.01. The molecule has 1 unspecified atom stereocenters. The topological polar surface area (TPSA) is 71.8 Å².